The molecule has 0 bridgehead atoms. The van der Waals surface area contributed by atoms with Gasteiger partial charge in [-0.25, -0.2) is 0 Å². The summed E-state index contributed by atoms with van der Waals surface area (Å²) in [5.41, 5.74) is 2.01. The van der Waals surface area contributed by atoms with Crippen molar-refractivity contribution in [3.8, 4) is 0 Å². The number of nitrogens with zero attached hydrogens (tertiary/aromatic N) is 1. The van der Waals surface area contributed by atoms with Gasteiger partial charge in [-0.1, -0.05) is 18.2 Å². The summed E-state index contributed by atoms with van der Waals surface area (Å²) in [6, 6.07) is 15.8. The smallest absolute Gasteiger partial charge is 0.258 e. The molecule has 1 amide bonds. The largest absolute Gasteiger partial charge is 0.269 e. The Bertz CT molecular complexity index is 710. The van der Waals surface area contributed by atoms with Crippen molar-refractivity contribution >= 4 is 30.1 Å². The van der Waals surface area contributed by atoms with Gasteiger partial charge in [0.15, 0.2) is 0 Å². The van der Waals surface area contributed by atoms with Crippen LogP contribution in [0.1, 0.15) is 6.92 Å². The number of hydrogen-bond acceptors (Lipinski definition) is 7. The van der Waals surface area contributed by atoms with E-state index >= 15 is 0 Å². The molecule has 0 saturated carbocycles. The molecule has 2 aromatic carbocycles. The van der Waals surface area contributed by atoms with Crippen LogP contribution in [0.2, 0.25) is 0 Å². The minimum Gasteiger partial charge on any atom is -0.258 e. The van der Waals surface area contributed by atoms with E-state index in [2.05, 4.69) is 7.70 Å². The molecule has 24 heavy (non-hydrogen) atoms. The standard InChI is InChI=1S/C8H10AsNO5.C6H5NO2/c1-7(11)10-14-9(12,15-13)8-5-3-2-4-6-8;8-7(9)6-4-2-1-3-5-6/h2-6,13H,1H3,(H,10,11);1-5H. The fraction of sp³-hybridized carbons (Fsp3) is 0.0714. The Morgan fingerprint density at radius 2 is 1.62 bits per heavy atom. The molecule has 0 heterocycles. The SMILES string of the molecule is CC(=O)NO[As](=O)(OO)c1ccccc1.O=[N+]([O-])c1ccccc1. The minimum absolute atomic E-state index is 0.137. The summed E-state index contributed by atoms with van der Waals surface area (Å²) < 4.78 is 20.5. The number of nitro benzene ring substituents is 1. The van der Waals surface area contributed by atoms with E-state index in [0.29, 0.717) is 0 Å². The number of amides is 1. The number of nitro groups is 1. The molecule has 2 aromatic rings. The van der Waals surface area contributed by atoms with E-state index in [1.165, 1.54) is 31.2 Å². The van der Waals surface area contributed by atoms with Crippen molar-refractivity contribution in [1.82, 2.24) is 5.48 Å². The first-order valence-corrected chi connectivity index (χ1v) is 9.76. The zero-order chi connectivity index (χ0) is 18.0. The summed E-state index contributed by atoms with van der Waals surface area (Å²) in [7, 11) is 0. The third kappa shape index (κ3) is 6.35. The van der Waals surface area contributed by atoms with Crippen LogP contribution in [0.4, 0.5) is 5.69 Å². The fourth-order valence-electron chi connectivity index (χ4n) is 1.40. The van der Waals surface area contributed by atoms with Gasteiger partial charge in [0.2, 0.25) is 0 Å². The Balaban J connectivity index is 0.000000272. The zero-order valence-corrected chi connectivity index (χ0v) is 14.4. The van der Waals surface area contributed by atoms with Gasteiger partial charge in [-0.2, -0.15) is 0 Å². The fourth-order valence-corrected chi connectivity index (χ4v) is 3.54. The third-order valence-corrected chi connectivity index (χ3v) is 5.56. The number of para-hydroxylation sites is 1. The van der Waals surface area contributed by atoms with Crippen LogP contribution in [0.3, 0.4) is 0 Å². The van der Waals surface area contributed by atoms with E-state index in [-0.39, 0.29) is 10.0 Å². The molecule has 0 radical (unpaired) electrons. The number of benzene rings is 2. The number of rotatable bonds is 5. The number of non-ortho nitro benzene ring substituents is 1. The van der Waals surface area contributed by atoms with Gasteiger partial charge in [0.1, 0.15) is 0 Å². The number of hydrogen-bond donors (Lipinski definition) is 2. The Hall–Kier alpha value is -2.45. The topological polar surface area (TPSA) is 128 Å². The van der Waals surface area contributed by atoms with E-state index in [0.717, 1.165) is 0 Å². The molecule has 9 nitrogen and oxygen atoms in total. The molecule has 1 unspecified atom stereocenters. The third-order valence-electron chi connectivity index (χ3n) is 2.46. The molecular weight excluding hydrogens is 383 g/mol. The first kappa shape index (κ1) is 19.6. The molecule has 0 saturated heterocycles. The molecule has 2 N–H and O–H groups in total. The second kappa shape index (κ2) is 9.63. The van der Waals surface area contributed by atoms with E-state index in [4.69, 9.17) is 5.26 Å². The second-order valence-corrected chi connectivity index (χ2v) is 8.15. The van der Waals surface area contributed by atoms with E-state index in [1.807, 2.05) is 5.48 Å². The van der Waals surface area contributed by atoms with Crippen LogP contribution in [0.15, 0.2) is 60.7 Å². The number of nitrogens with one attached hydrogen (secondary N) is 1. The number of hydroxylamine groups is 1. The Morgan fingerprint density at radius 3 is 2.00 bits per heavy atom. The van der Waals surface area contributed by atoms with E-state index in [9.17, 15) is 18.6 Å². The molecule has 0 aromatic heterocycles. The molecule has 128 valence electrons. The van der Waals surface area contributed by atoms with Crippen molar-refractivity contribution in [2.75, 3.05) is 0 Å². The number of carbonyl (C=O) groups is 1. The maximum atomic E-state index is 11.8. The summed E-state index contributed by atoms with van der Waals surface area (Å²) in [6.45, 7) is 1.18. The van der Waals surface area contributed by atoms with Crippen LogP contribution in [0.25, 0.3) is 0 Å². The van der Waals surface area contributed by atoms with Crippen LogP contribution < -0.4 is 9.83 Å². The normalized spacial score (nSPS) is 12.2. The van der Waals surface area contributed by atoms with E-state index in [1.54, 1.807) is 36.4 Å². The maximum Gasteiger partial charge on any atom is 0.269 e. The molecule has 10 heteroatoms. The van der Waals surface area contributed by atoms with Crippen LogP contribution in [0, 0.1) is 10.1 Å². The van der Waals surface area contributed by atoms with Crippen molar-refractivity contribution in [3.63, 3.8) is 0 Å². The molecule has 0 spiro atoms. The predicted molar refractivity (Wildman–Crippen MR) is 84.2 cm³/mol. The Morgan fingerprint density at radius 1 is 1.12 bits per heavy atom. The summed E-state index contributed by atoms with van der Waals surface area (Å²) in [5, 5.41) is 18.5. The average Bonchev–Trinajstić information content (AvgIpc) is 2.61. The van der Waals surface area contributed by atoms with Crippen molar-refractivity contribution in [2.45, 2.75) is 6.92 Å². The average molecular weight is 398 g/mol. The van der Waals surface area contributed by atoms with Crippen molar-refractivity contribution < 1.29 is 26.4 Å². The van der Waals surface area contributed by atoms with Gasteiger partial charge in [-0.15, -0.1) is 0 Å². The van der Waals surface area contributed by atoms with Gasteiger partial charge < -0.3 is 0 Å². The van der Waals surface area contributed by atoms with Gasteiger partial charge in [0.05, 0.1) is 4.92 Å². The van der Waals surface area contributed by atoms with Gasteiger partial charge in [0.25, 0.3) is 5.69 Å². The summed E-state index contributed by atoms with van der Waals surface area (Å²) in [6.07, 6.45) is 0. The number of carbonyl (C=O) groups excluding carboxylic acids is 1. The zero-order valence-electron chi connectivity index (χ0n) is 12.6. The Kier molecular flexibility index (Phi) is 7.87. The van der Waals surface area contributed by atoms with Gasteiger partial charge in [-0.05, 0) is 0 Å². The summed E-state index contributed by atoms with van der Waals surface area (Å²) >= 11 is -4.55. The van der Waals surface area contributed by atoms with Crippen LogP contribution >= 0.6 is 0 Å². The van der Waals surface area contributed by atoms with Crippen LogP contribution in [-0.4, -0.2) is 30.3 Å². The van der Waals surface area contributed by atoms with Gasteiger partial charge in [0, 0.05) is 12.1 Å². The molecular formula is C14H15AsN2O7. The first-order valence-electron chi connectivity index (χ1n) is 6.52. The Labute approximate surface area is 140 Å². The van der Waals surface area contributed by atoms with E-state index < -0.39 is 25.0 Å². The van der Waals surface area contributed by atoms with Crippen LogP contribution in [0.5, 0.6) is 0 Å². The summed E-state index contributed by atoms with van der Waals surface area (Å²) in [5.74, 6) is -0.537. The van der Waals surface area contributed by atoms with Gasteiger partial charge in [-0.3, -0.25) is 10.1 Å². The minimum atomic E-state index is -4.55. The maximum absolute atomic E-state index is 11.8. The first-order chi connectivity index (χ1) is 11.4. The summed E-state index contributed by atoms with van der Waals surface area (Å²) in [4.78, 5) is 20.1. The van der Waals surface area contributed by atoms with Crippen molar-refractivity contribution in [2.24, 2.45) is 0 Å². The van der Waals surface area contributed by atoms with Crippen molar-refractivity contribution in [1.29, 1.82) is 0 Å². The molecule has 0 aliphatic rings. The molecule has 0 fully saturated rings. The van der Waals surface area contributed by atoms with Crippen LogP contribution in [-0.2, 0) is 16.2 Å². The molecule has 0 aliphatic carbocycles. The quantitative estimate of drug-likeness (QED) is 0.337. The van der Waals surface area contributed by atoms with Crippen molar-refractivity contribution in [3.05, 3.63) is 70.8 Å². The second-order valence-electron chi connectivity index (χ2n) is 4.26. The molecule has 2 rings (SSSR count). The predicted octanol–water partition coefficient (Wildman–Crippen LogP) is 1.42. The van der Waals surface area contributed by atoms with Gasteiger partial charge >= 0.3 is 88.7 Å². The monoisotopic (exact) mass is 398 g/mol. The molecule has 0 aliphatic heterocycles. The molecule has 1 atom stereocenters.